The molecule has 25 heavy (non-hydrogen) atoms. The summed E-state index contributed by atoms with van der Waals surface area (Å²) in [5.74, 6) is -0.725. The maximum atomic E-state index is 11.8. The quantitative estimate of drug-likeness (QED) is 0.337. The van der Waals surface area contributed by atoms with Crippen LogP contribution in [0.3, 0.4) is 0 Å². The number of ketones is 1. The molecular formula is C20H19LiO4. The van der Waals surface area contributed by atoms with Crippen LogP contribution < -0.4 is 4.74 Å². The van der Waals surface area contributed by atoms with Crippen LogP contribution in [0.5, 0.6) is 5.75 Å². The molecule has 0 N–H and O–H groups in total. The van der Waals surface area contributed by atoms with Crippen LogP contribution in [0.25, 0.3) is 0 Å². The summed E-state index contributed by atoms with van der Waals surface area (Å²) in [4.78, 5) is 23.6. The van der Waals surface area contributed by atoms with Crippen molar-refractivity contribution in [1.82, 2.24) is 0 Å². The number of Topliss-reactive ketones (excluding diaryl/α,β-unsaturated/α-hetero) is 1. The van der Waals surface area contributed by atoms with Gasteiger partial charge in [-0.1, -0.05) is 30.3 Å². The van der Waals surface area contributed by atoms with Crippen molar-refractivity contribution in [2.24, 2.45) is 0 Å². The first-order valence-electron chi connectivity index (χ1n) is 8.16. The van der Waals surface area contributed by atoms with E-state index < -0.39 is 17.9 Å². The van der Waals surface area contributed by atoms with Crippen molar-refractivity contribution in [1.29, 1.82) is 0 Å². The molecule has 0 saturated carbocycles. The van der Waals surface area contributed by atoms with Crippen molar-refractivity contribution < 1.29 is 19.1 Å². The van der Waals surface area contributed by atoms with Crippen LogP contribution in [0.15, 0.2) is 64.9 Å². The fourth-order valence-electron chi connectivity index (χ4n) is 2.15. The number of ether oxygens (including phenoxy) is 2. The molecule has 124 valence electrons. The van der Waals surface area contributed by atoms with Crippen LogP contribution in [0, 0.1) is 0 Å². The SMILES string of the molecule is [Li][CH]=C(C)C(=O)C(=O)OC(C)c1ccc(OCc2ccccc2)cc1. The van der Waals surface area contributed by atoms with E-state index in [1.165, 1.54) is 0 Å². The summed E-state index contributed by atoms with van der Waals surface area (Å²) in [7, 11) is 0. The molecule has 0 amide bonds. The topological polar surface area (TPSA) is 52.6 Å². The average molecular weight is 330 g/mol. The minimum absolute atomic E-state index is 0.377. The van der Waals surface area contributed by atoms with E-state index in [2.05, 4.69) is 0 Å². The fourth-order valence-corrected chi connectivity index (χ4v) is 2.15. The first-order chi connectivity index (χ1) is 12.0. The predicted octanol–water partition coefficient (Wildman–Crippen LogP) is 3.51. The van der Waals surface area contributed by atoms with Gasteiger partial charge in [0.2, 0.25) is 0 Å². The molecule has 2 aromatic carbocycles. The Labute approximate surface area is 157 Å². The van der Waals surface area contributed by atoms with Gasteiger partial charge in [-0.15, -0.1) is 0 Å². The molecule has 4 nitrogen and oxygen atoms in total. The van der Waals surface area contributed by atoms with Crippen LogP contribution >= 0.6 is 0 Å². The van der Waals surface area contributed by atoms with Gasteiger partial charge in [-0.3, -0.25) is 0 Å². The van der Waals surface area contributed by atoms with Crippen LogP contribution in [0.2, 0.25) is 0 Å². The van der Waals surface area contributed by atoms with Crippen molar-refractivity contribution >= 4 is 29.5 Å². The van der Waals surface area contributed by atoms with E-state index in [1.54, 1.807) is 36.3 Å². The molecule has 1 atom stereocenters. The third kappa shape index (κ3) is 5.63. The van der Waals surface area contributed by atoms with Crippen molar-refractivity contribution in [2.45, 2.75) is 26.6 Å². The number of carbonyl (C=O) groups is 2. The molecule has 0 fully saturated rings. The molecule has 0 aliphatic heterocycles. The minimum atomic E-state index is -0.840. The first-order valence-corrected chi connectivity index (χ1v) is 8.16. The molecule has 5 heteroatoms. The zero-order chi connectivity index (χ0) is 18.2. The number of carbonyl (C=O) groups excluding carboxylic acids is 2. The van der Waals surface area contributed by atoms with Crippen LogP contribution in [0.4, 0.5) is 0 Å². The zero-order valence-electron chi connectivity index (χ0n) is 14.7. The molecule has 2 aromatic rings. The van der Waals surface area contributed by atoms with Gasteiger partial charge in [0.05, 0.1) is 0 Å². The summed E-state index contributed by atoms with van der Waals surface area (Å²) < 4.78 is 12.5. The number of hydrogen-bond donors (Lipinski definition) is 0. The van der Waals surface area contributed by atoms with Crippen LogP contribution in [-0.2, 0) is 20.9 Å². The van der Waals surface area contributed by atoms with Crippen molar-refractivity contribution in [3.63, 3.8) is 0 Å². The van der Waals surface area contributed by atoms with Gasteiger partial charge in [-0.2, -0.15) is 0 Å². The molecule has 0 aliphatic carbocycles. The van der Waals surface area contributed by atoms with E-state index in [0.29, 0.717) is 12.2 Å². The Morgan fingerprint density at radius 3 is 2.32 bits per heavy atom. The van der Waals surface area contributed by atoms with Crippen molar-refractivity contribution in [3.8, 4) is 5.75 Å². The molecule has 0 heterocycles. The molecule has 0 radical (unpaired) electrons. The Balaban J connectivity index is 1.92. The third-order valence-electron chi connectivity index (χ3n) is 3.86. The van der Waals surface area contributed by atoms with E-state index in [-0.39, 0.29) is 0 Å². The average Bonchev–Trinajstić information content (AvgIpc) is 2.66. The number of benzene rings is 2. The number of hydrogen-bond acceptors (Lipinski definition) is 4. The van der Waals surface area contributed by atoms with Gasteiger partial charge in [0.25, 0.3) is 0 Å². The Morgan fingerprint density at radius 2 is 1.72 bits per heavy atom. The first kappa shape index (κ1) is 19.0. The molecular weight excluding hydrogens is 311 g/mol. The van der Waals surface area contributed by atoms with Gasteiger partial charge in [0, 0.05) is 0 Å². The second-order valence-corrected chi connectivity index (χ2v) is 5.69. The Bertz CT molecular complexity index is 751. The summed E-state index contributed by atoms with van der Waals surface area (Å²) in [5.41, 5.74) is 2.26. The molecule has 0 bridgehead atoms. The normalized spacial score (nSPS) is 12.4. The van der Waals surface area contributed by atoms with E-state index in [0.717, 1.165) is 16.9 Å². The van der Waals surface area contributed by atoms with Crippen molar-refractivity contribution in [3.05, 3.63) is 76.0 Å². The van der Waals surface area contributed by atoms with E-state index in [1.807, 2.05) is 54.6 Å². The molecule has 0 aliphatic rings. The molecule has 0 aromatic heterocycles. The van der Waals surface area contributed by atoms with E-state index in [4.69, 9.17) is 9.47 Å². The summed E-state index contributed by atoms with van der Waals surface area (Å²) in [5, 5.41) is 0. The third-order valence-corrected chi connectivity index (χ3v) is 3.86. The van der Waals surface area contributed by atoms with Gasteiger partial charge >= 0.3 is 121 Å². The van der Waals surface area contributed by atoms with Gasteiger partial charge in [-0.25, -0.2) is 0 Å². The summed E-state index contributed by atoms with van der Waals surface area (Å²) >= 11 is 1.71. The monoisotopic (exact) mass is 330 g/mol. The van der Waals surface area contributed by atoms with Crippen molar-refractivity contribution in [2.75, 3.05) is 0 Å². The Kier molecular flexibility index (Phi) is 7.06. The number of esters is 1. The van der Waals surface area contributed by atoms with E-state index >= 15 is 0 Å². The Morgan fingerprint density at radius 1 is 1.08 bits per heavy atom. The van der Waals surface area contributed by atoms with Gasteiger partial charge in [0.15, 0.2) is 0 Å². The second-order valence-electron chi connectivity index (χ2n) is 5.69. The summed E-state index contributed by atoms with van der Waals surface area (Å²) in [6.07, 6.45) is -0.510. The zero-order valence-corrected chi connectivity index (χ0v) is 14.7. The second kappa shape index (κ2) is 9.27. The molecule has 1 unspecified atom stereocenters. The molecule has 0 spiro atoms. The summed E-state index contributed by atoms with van der Waals surface area (Å²) in [6, 6.07) is 17.2. The van der Waals surface area contributed by atoms with Gasteiger partial charge < -0.3 is 0 Å². The van der Waals surface area contributed by atoms with E-state index in [9.17, 15) is 9.59 Å². The van der Waals surface area contributed by atoms with Gasteiger partial charge in [0.1, 0.15) is 0 Å². The number of rotatable bonds is 7. The molecule has 0 saturated heterocycles. The predicted molar refractivity (Wildman–Crippen MR) is 96.2 cm³/mol. The molecule has 2 rings (SSSR count). The Hall–Kier alpha value is -2.28. The standard InChI is InChI=1S/C20H19O4.Li/c1-14(2)19(21)20(22)24-15(3)17-9-11-18(12-10-17)23-13-16-7-5-4-6-8-16;/h1,4-12,15H,13H2,2-3H3;. The van der Waals surface area contributed by atoms with Crippen LogP contribution in [-0.4, -0.2) is 29.5 Å². The fraction of sp³-hybridized carbons (Fsp3) is 0.200. The van der Waals surface area contributed by atoms with Gasteiger partial charge in [-0.05, 0) is 5.56 Å². The maximum absolute atomic E-state index is 11.8. The van der Waals surface area contributed by atoms with Crippen LogP contribution in [0.1, 0.15) is 31.1 Å². The summed E-state index contributed by atoms with van der Waals surface area (Å²) in [6.45, 7) is 3.81.